The molecule has 0 aliphatic heterocycles. The van der Waals surface area contributed by atoms with Crippen LogP contribution in [0.1, 0.15) is 12.0 Å². The summed E-state index contributed by atoms with van der Waals surface area (Å²) in [6.45, 7) is 0.190. The van der Waals surface area contributed by atoms with Crippen molar-refractivity contribution in [2.45, 2.75) is 13.0 Å². The molecule has 1 aromatic rings. The molecule has 82 valence electrons. The SMILES string of the molecule is NC(=O)CCOc1ccc(Br)c(CO)c1. The third-order valence-corrected chi connectivity index (χ3v) is 2.58. The number of nitrogens with two attached hydrogens (primary N) is 1. The second kappa shape index (κ2) is 5.72. The second-order valence-corrected chi connectivity index (χ2v) is 3.83. The summed E-state index contributed by atoms with van der Waals surface area (Å²) in [5.41, 5.74) is 5.71. The number of carbonyl (C=O) groups is 1. The standard InChI is InChI=1S/C10H12BrNO3/c11-9-2-1-8(5-7(9)6-13)15-4-3-10(12)14/h1-2,5,13H,3-4,6H2,(H2,12,14). The first-order valence-corrected chi connectivity index (χ1v) is 5.23. The van der Waals surface area contributed by atoms with E-state index in [4.69, 9.17) is 15.6 Å². The summed E-state index contributed by atoms with van der Waals surface area (Å²) in [5, 5.41) is 9.00. The Balaban J connectivity index is 2.58. The molecule has 0 aliphatic carbocycles. The van der Waals surface area contributed by atoms with Gasteiger partial charge < -0.3 is 15.6 Å². The molecule has 1 amide bonds. The summed E-state index contributed by atoms with van der Waals surface area (Å²) in [6, 6.07) is 5.25. The maximum Gasteiger partial charge on any atom is 0.220 e. The first-order chi connectivity index (χ1) is 7.13. The lowest BCUT2D eigenvalue weighted by molar-refractivity contribution is -0.118. The number of carbonyl (C=O) groups excluding carboxylic acids is 1. The molecule has 0 radical (unpaired) electrons. The van der Waals surface area contributed by atoms with Crippen LogP contribution >= 0.6 is 15.9 Å². The van der Waals surface area contributed by atoms with Crippen molar-refractivity contribution in [1.82, 2.24) is 0 Å². The van der Waals surface area contributed by atoms with E-state index in [1.807, 2.05) is 0 Å². The zero-order chi connectivity index (χ0) is 11.3. The molecule has 0 saturated carbocycles. The summed E-state index contributed by atoms with van der Waals surface area (Å²) in [4.78, 5) is 10.5. The average molecular weight is 274 g/mol. The van der Waals surface area contributed by atoms with Gasteiger partial charge >= 0.3 is 0 Å². The first kappa shape index (κ1) is 12.0. The van der Waals surface area contributed by atoms with Gasteiger partial charge in [0.05, 0.1) is 19.6 Å². The number of hydrogen-bond donors (Lipinski definition) is 2. The number of hydrogen-bond acceptors (Lipinski definition) is 3. The lowest BCUT2D eigenvalue weighted by atomic mass is 10.2. The van der Waals surface area contributed by atoms with Gasteiger partial charge in [-0.05, 0) is 23.8 Å². The van der Waals surface area contributed by atoms with E-state index in [2.05, 4.69) is 15.9 Å². The van der Waals surface area contributed by atoms with Crippen LogP contribution in [0.25, 0.3) is 0 Å². The van der Waals surface area contributed by atoms with Crippen molar-refractivity contribution in [3.8, 4) is 5.75 Å². The molecule has 15 heavy (non-hydrogen) atoms. The van der Waals surface area contributed by atoms with Gasteiger partial charge in [0.1, 0.15) is 5.75 Å². The van der Waals surface area contributed by atoms with Gasteiger partial charge in [-0.2, -0.15) is 0 Å². The van der Waals surface area contributed by atoms with Gasteiger partial charge in [-0.3, -0.25) is 4.79 Å². The molecule has 0 aliphatic rings. The molecule has 3 N–H and O–H groups in total. The number of benzene rings is 1. The molecule has 1 rings (SSSR count). The summed E-state index contributed by atoms with van der Waals surface area (Å²) in [7, 11) is 0. The molecular weight excluding hydrogens is 262 g/mol. The topological polar surface area (TPSA) is 72.6 Å². The van der Waals surface area contributed by atoms with Crippen LogP contribution in [0.15, 0.2) is 22.7 Å². The fourth-order valence-electron chi connectivity index (χ4n) is 1.03. The Morgan fingerprint density at radius 3 is 2.87 bits per heavy atom. The molecule has 1 aromatic carbocycles. The summed E-state index contributed by atoms with van der Waals surface area (Å²) >= 11 is 3.29. The number of ether oxygens (including phenoxy) is 1. The zero-order valence-corrected chi connectivity index (χ0v) is 9.66. The monoisotopic (exact) mass is 273 g/mol. The van der Waals surface area contributed by atoms with E-state index in [-0.39, 0.29) is 19.6 Å². The molecule has 4 nitrogen and oxygen atoms in total. The summed E-state index contributed by atoms with van der Waals surface area (Å²) in [6.07, 6.45) is 0.185. The predicted molar refractivity (Wildman–Crippen MR) is 59.4 cm³/mol. The normalized spacial score (nSPS) is 10.0. The smallest absolute Gasteiger partial charge is 0.220 e. The van der Waals surface area contributed by atoms with E-state index in [1.165, 1.54) is 0 Å². The van der Waals surface area contributed by atoms with E-state index in [1.54, 1.807) is 18.2 Å². The largest absolute Gasteiger partial charge is 0.493 e. The highest BCUT2D eigenvalue weighted by molar-refractivity contribution is 9.10. The Hall–Kier alpha value is -1.07. The molecule has 0 atom stereocenters. The van der Waals surface area contributed by atoms with E-state index in [0.29, 0.717) is 5.75 Å². The molecule has 5 heteroatoms. The highest BCUT2D eigenvalue weighted by atomic mass is 79.9. The van der Waals surface area contributed by atoms with Crippen LogP contribution in [-0.2, 0) is 11.4 Å². The molecular formula is C10H12BrNO3. The summed E-state index contributed by atoms with van der Waals surface area (Å²) < 4.78 is 6.11. The first-order valence-electron chi connectivity index (χ1n) is 4.44. The molecule has 0 aromatic heterocycles. The maximum absolute atomic E-state index is 10.5. The van der Waals surface area contributed by atoms with Crippen LogP contribution in [0.4, 0.5) is 0 Å². The third-order valence-electron chi connectivity index (χ3n) is 1.80. The third kappa shape index (κ3) is 3.89. The molecule has 0 fully saturated rings. The quantitative estimate of drug-likeness (QED) is 0.847. The number of amides is 1. The predicted octanol–water partition coefficient (Wildman–Crippen LogP) is 1.20. The van der Waals surface area contributed by atoms with Crippen molar-refractivity contribution in [1.29, 1.82) is 0 Å². The van der Waals surface area contributed by atoms with Crippen molar-refractivity contribution < 1.29 is 14.6 Å². The van der Waals surface area contributed by atoms with Gasteiger partial charge in [0.2, 0.25) is 5.91 Å². The minimum absolute atomic E-state index is 0.0619. The van der Waals surface area contributed by atoms with E-state index in [0.717, 1.165) is 10.0 Å². The Labute approximate surface area is 96.2 Å². The molecule has 0 unspecified atom stereocenters. The van der Waals surface area contributed by atoms with Gasteiger partial charge in [0.15, 0.2) is 0 Å². The van der Waals surface area contributed by atoms with Crippen LogP contribution in [-0.4, -0.2) is 17.6 Å². The Morgan fingerprint density at radius 2 is 2.27 bits per heavy atom. The van der Waals surface area contributed by atoms with Crippen molar-refractivity contribution in [2.24, 2.45) is 5.73 Å². The Morgan fingerprint density at radius 1 is 1.53 bits per heavy atom. The number of primary amides is 1. The number of halogens is 1. The molecule has 0 saturated heterocycles. The van der Waals surface area contributed by atoms with Gasteiger partial charge in [-0.25, -0.2) is 0 Å². The minimum atomic E-state index is -0.394. The molecule has 0 spiro atoms. The fraction of sp³-hybridized carbons (Fsp3) is 0.300. The van der Waals surface area contributed by atoms with Gasteiger partial charge in [-0.1, -0.05) is 15.9 Å². The lowest BCUT2D eigenvalue weighted by Gasteiger charge is -2.07. The number of aliphatic hydroxyl groups excluding tert-OH is 1. The van der Waals surface area contributed by atoms with Crippen LogP contribution in [0.2, 0.25) is 0 Å². The molecule has 0 heterocycles. The van der Waals surface area contributed by atoms with Gasteiger partial charge in [0, 0.05) is 4.47 Å². The number of rotatable bonds is 5. The van der Waals surface area contributed by atoms with Gasteiger partial charge in [0.25, 0.3) is 0 Å². The highest BCUT2D eigenvalue weighted by Crippen LogP contribution is 2.22. The highest BCUT2D eigenvalue weighted by Gasteiger charge is 2.02. The minimum Gasteiger partial charge on any atom is -0.493 e. The second-order valence-electron chi connectivity index (χ2n) is 2.98. The van der Waals surface area contributed by atoms with Crippen LogP contribution in [0, 0.1) is 0 Å². The van der Waals surface area contributed by atoms with Crippen molar-refractivity contribution in [3.63, 3.8) is 0 Å². The van der Waals surface area contributed by atoms with E-state index in [9.17, 15) is 4.79 Å². The van der Waals surface area contributed by atoms with E-state index >= 15 is 0 Å². The maximum atomic E-state index is 10.5. The van der Waals surface area contributed by atoms with Crippen LogP contribution in [0.5, 0.6) is 5.75 Å². The van der Waals surface area contributed by atoms with Crippen LogP contribution in [0.3, 0.4) is 0 Å². The number of aliphatic hydroxyl groups is 1. The summed E-state index contributed by atoms with van der Waals surface area (Å²) in [5.74, 6) is 0.220. The van der Waals surface area contributed by atoms with Crippen molar-refractivity contribution in [2.75, 3.05) is 6.61 Å². The van der Waals surface area contributed by atoms with Crippen LogP contribution < -0.4 is 10.5 Å². The lowest BCUT2D eigenvalue weighted by Crippen LogP contribution is -2.14. The van der Waals surface area contributed by atoms with Gasteiger partial charge in [-0.15, -0.1) is 0 Å². The van der Waals surface area contributed by atoms with Crippen molar-refractivity contribution >= 4 is 21.8 Å². The Kier molecular flexibility index (Phi) is 4.58. The van der Waals surface area contributed by atoms with E-state index < -0.39 is 5.91 Å². The van der Waals surface area contributed by atoms with Crippen molar-refractivity contribution in [3.05, 3.63) is 28.2 Å². The average Bonchev–Trinajstić information content (AvgIpc) is 2.20. The molecule has 0 bridgehead atoms. The Bertz CT molecular complexity index is 355. The fourth-order valence-corrected chi connectivity index (χ4v) is 1.40. The zero-order valence-electron chi connectivity index (χ0n) is 8.07.